The first kappa shape index (κ1) is 21.3. The van der Waals surface area contributed by atoms with Crippen molar-refractivity contribution in [3.8, 4) is 0 Å². The predicted molar refractivity (Wildman–Crippen MR) is 121 cm³/mol. The van der Waals surface area contributed by atoms with Crippen LogP contribution in [0.5, 0.6) is 0 Å². The molecule has 1 aliphatic heterocycles. The van der Waals surface area contributed by atoms with Gasteiger partial charge in [-0.05, 0) is 12.5 Å². The highest BCUT2D eigenvalue weighted by atomic mass is 16.2. The Labute approximate surface area is 184 Å². The summed E-state index contributed by atoms with van der Waals surface area (Å²) in [5.41, 5.74) is 1.23. The van der Waals surface area contributed by atoms with Gasteiger partial charge in [-0.2, -0.15) is 0 Å². The maximum atomic E-state index is 13.2. The number of nitrogens with zero attached hydrogens (tertiary/aromatic N) is 6. The standard InChI is InChI=1S/C24H32N6O/c1-18(2)22-25-11-13-30(22)19(3)24(31)29-16-14-28(15-17-29)21(20-8-6-5-7-9-20)23-26-10-12-27(23)4/h5-13,18-19,21H,14-17H2,1-4H3/t19-,21-/m1/s1. The number of aryl methyl sites for hydroxylation is 1. The number of carbonyl (C=O) groups excluding carboxylic acids is 1. The van der Waals surface area contributed by atoms with E-state index in [0.717, 1.165) is 24.7 Å². The molecule has 0 saturated carbocycles. The molecule has 2 aromatic heterocycles. The Morgan fingerprint density at radius 1 is 0.903 bits per heavy atom. The molecule has 3 heterocycles. The van der Waals surface area contributed by atoms with Crippen LogP contribution in [0.2, 0.25) is 0 Å². The van der Waals surface area contributed by atoms with Gasteiger partial charge in [0.05, 0.1) is 6.04 Å². The largest absolute Gasteiger partial charge is 0.338 e. The fraction of sp³-hybridized carbons (Fsp3) is 0.458. The van der Waals surface area contributed by atoms with E-state index in [1.807, 2.05) is 48.1 Å². The third kappa shape index (κ3) is 4.28. The van der Waals surface area contributed by atoms with Crippen molar-refractivity contribution < 1.29 is 4.79 Å². The van der Waals surface area contributed by atoms with Crippen LogP contribution >= 0.6 is 0 Å². The van der Waals surface area contributed by atoms with Crippen LogP contribution < -0.4 is 0 Å². The minimum absolute atomic E-state index is 0.0806. The van der Waals surface area contributed by atoms with Crippen molar-refractivity contribution in [2.24, 2.45) is 7.05 Å². The van der Waals surface area contributed by atoms with Crippen molar-refractivity contribution in [1.29, 1.82) is 0 Å². The minimum Gasteiger partial charge on any atom is -0.338 e. The lowest BCUT2D eigenvalue weighted by Gasteiger charge is -2.40. The van der Waals surface area contributed by atoms with Gasteiger partial charge >= 0.3 is 0 Å². The summed E-state index contributed by atoms with van der Waals surface area (Å²) in [6.45, 7) is 9.23. The van der Waals surface area contributed by atoms with Gasteiger partial charge in [-0.25, -0.2) is 9.97 Å². The highest BCUT2D eigenvalue weighted by Gasteiger charge is 2.32. The Hall–Kier alpha value is -2.93. The van der Waals surface area contributed by atoms with E-state index < -0.39 is 0 Å². The molecule has 1 aromatic carbocycles. The van der Waals surface area contributed by atoms with E-state index in [1.165, 1.54) is 5.56 Å². The number of aromatic nitrogens is 4. The second-order valence-electron chi connectivity index (χ2n) is 8.59. The maximum Gasteiger partial charge on any atom is 0.245 e. The average molecular weight is 421 g/mol. The van der Waals surface area contributed by atoms with Crippen LogP contribution in [0.15, 0.2) is 55.1 Å². The van der Waals surface area contributed by atoms with Gasteiger partial charge in [-0.3, -0.25) is 9.69 Å². The monoisotopic (exact) mass is 420 g/mol. The summed E-state index contributed by atoms with van der Waals surface area (Å²) < 4.78 is 4.10. The zero-order valence-electron chi connectivity index (χ0n) is 18.8. The molecule has 2 atom stereocenters. The van der Waals surface area contributed by atoms with Gasteiger partial charge in [-0.15, -0.1) is 0 Å². The maximum absolute atomic E-state index is 13.2. The summed E-state index contributed by atoms with van der Waals surface area (Å²) in [5, 5.41) is 0. The highest BCUT2D eigenvalue weighted by molar-refractivity contribution is 5.80. The average Bonchev–Trinajstić information content (AvgIpc) is 3.44. The molecule has 3 aromatic rings. The fourth-order valence-electron chi connectivity index (χ4n) is 4.48. The first-order chi connectivity index (χ1) is 15.0. The lowest BCUT2D eigenvalue weighted by atomic mass is 10.0. The van der Waals surface area contributed by atoms with Crippen molar-refractivity contribution >= 4 is 5.91 Å². The normalized spacial score (nSPS) is 17.1. The van der Waals surface area contributed by atoms with Crippen molar-refractivity contribution in [3.05, 3.63) is 72.3 Å². The molecule has 1 saturated heterocycles. The molecule has 0 bridgehead atoms. The molecular formula is C24H32N6O. The number of carbonyl (C=O) groups is 1. The number of hydrogen-bond donors (Lipinski definition) is 0. The Kier molecular flexibility index (Phi) is 6.23. The molecule has 31 heavy (non-hydrogen) atoms. The summed E-state index contributed by atoms with van der Waals surface area (Å²) in [4.78, 5) is 26.8. The summed E-state index contributed by atoms with van der Waals surface area (Å²) in [6.07, 6.45) is 7.54. The molecule has 0 aliphatic carbocycles. The molecule has 1 fully saturated rings. The van der Waals surface area contributed by atoms with Crippen molar-refractivity contribution in [1.82, 2.24) is 28.9 Å². The molecule has 4 rings (SSSR count). The van der Waals surface area contributed by atoms with E-state index in [9.17, 15) is 4.79 Å². The van der Waals surface area contributed by atoms with Gasteiger partial charge in [0.15, 0.2) is 0 Å². The zero-order valence-corrected chi connectivity index (χ0v) is 18.8. The molecule has 0 spiro atoms. The smallest absolute Gasteiger partial charge is 0.245 e. The summed E-state index contributed by atoms with van der Waals surface area (Å²) in [6, 6.07) is 10.3. The van der Waals surface area contributed by atoms with E-state index in [1.54, 1.807) is 6.20 Å². The summed E-state index contributed by atoms with van der Waals surface area (Å²) in [5.74, 6) is 2.43. The second-order valence-corrected chi connectivity index (χ2v) is 8.59. The van der Waals surface area contributed by atoms with E-state index in [-0.39, 0.29) is 23.9 Å². The Bertz CT molecular complexity index is 1000. The topological polar surface area (TPSA) is 59.2 Å². The molecular weight excluding hydrogens is 388 g/mol. The van der Waals surface area contributed by atoms with Crippen molar-refractivity contribution in [3.63, 3.8) is 0 Å². The third-order valence-electron chi connectivity index (χ3n) is 6.20. The first-order valence-corrected chi connectivity index (χ1v) is 11.0. The Morgan fingerprint density at radius 2 is 1.55 bits per heavy atom. The molecule has 1 amide bonds. The Balaban J connectivity index is 1.48. The number of amides is 1. The van der Waals surface area contributed by atoms with Crippen molar-refractivity contribution in [2.45, 2.75) is 38.8 Å². The third-order valence-corrected chi connectivity index (χ3v) is 6.20. The minimum atomic E-state index is -0.245. The van der Waals surface area contributed by atoms with Crippen LogP contribution in [0, 0.1) is 0 Å². The van der Waals surface area contributed by atoms with E-state index in [0.29, 0.717) is 13.1 Å². The molecule has 0 unspecified atom stereocenters. The van der Waals surface area contributed by atoms with Crippen molar-refractivity contribution in [2.75, 3.05) is 26.2 Å². The van der Waals surface area contributed by atoms with E-state index in [2.05, 4.69) is 57.5 Å². The van der Waals surface area contributed by atoms with Gasteiger partial charge in [-0.1, -0.05) is 44.2 Å². The number of piperazine rings is 1. The number of hydrogen-bond acceptors (Lipinski definition) is 4. The van der Waals surface area contributed by atoms with E-state index in [4.69, 9.17) is 0 Å². The van der Waals surface area contributed by atoms with Crippen LogP contribution in [0.25, 0.3) is 0 Å². The fourth-order valence-corrected chi connectivity index (χ4v) is 4.48. The number of imidazole rings is 2. The van der Waals surface area contributed by atoms with Crippen LogP contribution in [0.4, 0.5) is 0 Å². The second kappa shape index (κ2) is 9.06. The first-order valence-electron chi connectivity index (χ1n) is 11.0. The highest BCUT2D eigenvalue weighted by Crippen LogP contribution is 2.29. The number of benzene rings is 1. The van der Waals surface area contributed by atoms with Gasteiger partial charge < -0.3 is 14.0 Å². The lowest BCUT2D eigenvalue weighted by Crippen LogP contribution is -2.51. The van der Waals surface area contributed by atoms with Crippen LogP contribution in [0.3, 0.4) is 0 Å². The zero-order chi connectivity index (χ0) is 22.0. The van der Waals surface area contributed by atoms with Gasteiger partial charge in [0, 0.05) is 63.9 Å². The predicted octanol–water partition coefficient (Wildman–Crippen LogP) is 3.23. The summed E-state index contributed by atoms with van der Waals surface area (Å²) in [7, 11) is 2.04. The van der Waals surface area contributed by atoms with Gasteiger partial charge in [0.1, 0.15) is 17.7 Å². The van der Waals surface area contributed by atoms with E-state index >= 15 is 0 Å². The van der Waals surface area contributed by atoms with Crippen LogP contribution in [-0.2, 0) is 11.8 Å². The quantitative estimate of drug-likeness (QED) is 0.614. The summed E-state index contributed by atoms with van der Waals surface area (Å²) >= 11 is 0. The Morgan fingerprint density at radius 3 is 2.16 bits per heavy atom. The molecule has 0 N–H and O–H groups in total. The molecule has 7 nitrogen and oxygen atoms in total. The molecule has 1 aliphatic rings. The molecule has 0 radical (unpaired) electrons. The lowest BCUT2D eigenvalue weighted by molar-refractivity contribution is -0.136. The number of rotatable bonds is 6. The van der Waals surface area contributed by atoms with Crippen LogP contribution in [-0.4, -0.2) is 61.0 Å². The SMILES string of the molecule is CC(C)c1nccn1[C@H](C)C(=O)N1CCN([C@H](c2ccccc2)c2nccn2C)CC1. The molecule has 164 valence electrons. The van der Waals surface area contributed by atoms with Gasteiger partial charge in [0.25, 0.3) is 0 Å². The molecule has 7 heteroatoms. The van der Waals surface area contributed by atoms with Crippen LogP contribution in [0.1, 0.15) is 56.0 Å². The van der Waals surface area contributed by atoms with Gasteiger partial charge in [0.2, 0.25) is 5.91 Å².